The summed E-state index contributed by atoms with van der Waals surface area (Å²) in [6.07, 6.45) is 1.66. The first-order valence-electron chi connectivity index (χ1n) is 4.79. The molecule has 0 bridgehead atoms. The quantitative estimate of drug-likeness (QED) is 0.787. The van der Waals surface area contributed by atoms with Crippen LogP contribution in [0.2, 0.25) is 0 Å². The smallest absolute Gasteiger partial charge is 0.260 e. The van der Waals surface area contributed by atoms with Gasteiger partial charge in [0.05, 0.1) is 11.1 Å². The molecule has 14 heavy (non-hydrogen) atoms. The zero-order valence-electron chi connectivity index (χ0n) is 8.37. The number of rotatable bonds is 2. The third kappa shape index (κ3) is 1.23. The number of anilines is 1. The molecule has 0 spiro atoms. The summed E-state index contributed by atoms with van der Waals surface area (Å²) in [6, 6.07) is 1.89. The Kier molecular flexibility index (Phi) is 2.11. The second-order valence-electron chi connectivity index (χ2n) is 3.22. The van der Waals surface area contributed by atoms with E-state index in [4.69, 9.17) is 10.3 Å². The highest BCUT2D eigenvalue weighted by molar-refractivity contribution is 5.88. The predicted molar refractivity (Wildman–Crippen MR) is 55.0 cm³/mol. The highest BCUT2D eigenvalue weighted by Gasteiger charge is 2.11. The Morgan fingerprint density at radius 2 is 2.14 bits per heavy atom. The maximum Gasteiger partial charge on any atom is 0.260 e. The minimum Gasteiger partial charge on any atom is -0.398 e. The van der Waals surface area contributed by atoms with Gasteiger partial charge in [-0.2, -0.15) is 0 Å². The Morgan fingerprint density at radius 3 is 2.79 bits per heavy atom. The van der Waals surface area contributed by atoms with Gasteiger partial charge in [0.2, 0.25) is 0 Å². The molecule has 0 aliphatic rings. The van der Waals surface area contributed by atoms with Crippen LogP contribution in [0.15, 0.2) is 10.6 Å². The molecule has 2 heterocycles. The van der Waals surface area contributed by atoms with Crippen LogP contribution in [-0.2, 0) is 12.8 Å². The summed E-state index contributed by atoms with van der Waals surface area (Å²) < 4.78 is 5.12. The van der Waals surface area contributed by atoms with Gasteiger partial charge in [-0.1, -0.05) is 19.0 Å². The van der Waals surface area contributed by atoms with E-state index < -0.39 is 0 Å². The molecule has 0 unspecified atom stereocenters. The van der Waals surface area contributed by atoms with Crippen LogP contribution in [0.25, 0.3) is 11.1 Å². The van der Waals surface area contributed by atoms with Gasteiger partial charge < -0.3 is 10.3 Å². The van der Waals surface area contributed by atoms with Gasteiger partial charge in [0.15, 0.2) is 0 Å². The fraction of sp³-hybridized carbons (Fsp3) is 0.400. The maximum atomic E-state index is 5.91. The topological polar surface area (TPSA) is 64.9 Å². The monoisotopic (exact) mass is 191 g/mol. The maximum absolute atomic E-state index is 5.91. The largest absolute Gasteiger partial charge is 0.398 e. The number of fused-ring (bicyclic) bond motifs is 1. The van der Waals surface area contributed by atoms with Crippen LogP contribution in [0.5, 0.6) is 0 Å². The van der Waals surface area contributed by atoms with Gasteiger partial charge in [-0.15, -0.1) is 0 Å². The highest BCUT2D eigenvalue weighted by Crippen LogP contribution is 2.24. The summed E-state index contributed by atoms with van der Waals surface area (Å²) in [5.41, 5.74) is 9.00. The average Bonchev–Trinajstić information content (AvgIpc) is 2.61. The van der Waals surface area contributed by atoms with Gasteiger partial charge in [-0.3, -0.25) is 0 Å². The normalized spacial score (nSPS) is 11.0. The molecule has 2 aromatic heterocycles. The molecule has 2 rings (SSSR count). The molecule has 0 saturated heterocycles. The van der Waals surface area contributed by atoms with Crippen LogP contribution in [0.4, 0.5) is 5.69 Å². The third-order valence-corrected chi connectivity index (χ3v) is 2.30. The van der Waals surface area contributed by atoms with Crippen LogP contribution in [0.1, 0.15) is 25.2 Å². The summed E-state index contributed by atoms with van der Waals surface area (Å²) >= 11 is 0. The number of hydrogen-bond donors (Lipinski definition) is 1. The van der Waals surface area contributed by atoms with E-state index in [1.807, 2.05) is 19.9 Å². The molecule has 0 atom stereocenters. The number of hydrogen-bond acceptors (Lipinski definition) is 4. The first kappa shape index (κ1) is 8.99. The van der Waals surface area contributed by atoms with E-state index in [0.29, 0.717) is 11.4 Å². The van der Waals surface area contributed by atoms with E-state index in [-0.39, 0.29) is 0 Å². The summed E-state index contributed by atoms with van der Waals surface area (Å²) in [6.45, 7) is 4.05. The van der Waals surface area contributed by atoms with Crippen molar-refractivity contribution in [2.45, 2.75) is 26.7 Å². The van der Waals surface area contributed by atoms with Crippen molar-refractivity contribution in [3.63, 3.8) is 0 Å². The average molecular weight is 191 g/mol. The molecule has 0 aliphatic heterocycles. The molecule has 0 saturated carbocycles. The van der Waals surface area contributed by atoms with Crippen molar-refractivity contribution in [2.24, 2.45) is 0 Å². The van der Waals surface area contributed by atoms with Crippen molar-refractivity contribution < 1.29 is 4.52 Å². The van der Waals surface area contributed by atoms with Crippen molar-refractivity contribution >= 4 is 16.8 Å². The van der Waals surface area contributed by atoms with Gasteiger partial charge >= 0.3 is 0 Å². The lowest BCUT2D eigenvalue weighted by molar-refractivity contribution is 0.439. The third-order valence-electron chi connectivity index (χ3n) is 2.30. The van der Waals surface area contributed by atoms with Gasteiger partial charge in [0.25, 0.3) is 5.71 Å². The Labute approximate surface area is 82.1 Å². The van der Waals surface area contributed by atoms with Crippen LogP contribution in [0.3, 0.4) is 0 Å². The van der Waals surface area contributed by atoms with Crippen molar-refractivity contribution in [1.82, 2.24) is 10.1 Å². The minimum atomic E-state index is 0.554. The second kappa shape index (κ2) is 3.29. The Morgan fingerprint density at radius 1 is 1.36 bits per heavy atom. The van der Waals surface area contributed by atoms with Crippen molar-refractivity contribution in [3.05, 3.63) is 17.5 Å². The number of nitrogens with two attached hydrogens (primary N) is 1. The van der Waals surface area contributed by atoms with Crippen LogP contribution >= 0.6 is 0 Å². The molecule has 0 fully saturated rings. The molecule has 74 valence electrons. The fourth-order valence-electron chi connectivity index (χ4n) is 1.52. The summed E-state index contributed by atoms with van der Waals surface area (Å²) in [5, 5.41) is 4.80. The van der Waals surface area contributed by atoms with Gasteiger partial charge in [0.1, 0.15) is 0 Å². The first-order chi connectivity index (χ1) is 6.76. The van der Waals surface area contributed by atoms with E-state index in [1.54, 1.807) is 0 Å². The summed E-state index contributed by atoms with van der Waals surface area (Å²) in [4.78, 5) is 4.31. The number of aromatic nitrogens is 2. The summed E-state index contributed by atoms with van der Waals surface area (Å²) in [5.74, 6) is 0. The molecule has 0 amide bonds. The van der Waals surface area contributed by atoms with E-state index >= 15 is 0 Å². The van der Waals surface area contributed by atoms with Crippen LogP contribution in [-0.4, -0.2) is 10.1 Å². The van der Waals surface area contributed by atoms with Crippen molar-refractivity contribution in [1.29, 1.82) is 0 Å². The van der Waals surface area contributed by atoms with Gasteiger partial charge in [-0.25, -0.2) is 4.98 Å². The number of pyridine rings is 1. The lowest BCUT2D eigenvalue weighted by Gasteiger charge is -1.99. The molecule has 0 aliphatic carbocycles. The van der Waals surface area contributed by atoms with Crippen LogP contribution in [0, 0.1) is 0 Å². The highest BCUT2D eigenvalue weighted by atomic mass is 16.5. The molecule has 0 radical (unpaired) electrons. The molecule has 4 heteroatoms. The summed E-state index contributed by atoms with van der Waals surface area (Å²) in [7, 11) is 0. The van der Waals surface area contributed by atoms with E-state index in [1.165, 1.54) is 0 Å². The molecular formula is C10H13N3O. The van der Waals surface area contributed by atoms with E-state index in [9.17, 15) is 0 Å². The van der Waals surface area contributed by atoms with E-state index in [0.717, 1.165) is 29.6 Å². The predicted octanol–water partition coefficient (Wildman–Crippen LogP) is 1.93. The fourth-order valence-corrected chi connectivity index (χ4v) is 1.52. The van der Waals surface area contributed by atoms with E-state index in [2.05, 4.69) is 10.1 Å². The van der Waals surface area contributed by atoms with Gasteiger partial charge in [0, 0.05) is 11.4 Å². The molecule has 2 N–H and O–H groups in total. The molecular weight excluding hydrogens is 178 g/mol. The zero-order chi connectivity index (χ0) is 10.1. The van der Waals surface area contributed by atoms with Gasteiger partial charge in [-0.05, 0) is 18.9 Å². The molecule has 0 aromatic carbocycles. The molecule has 2 aromatic rings. The Balaban J connectivity index is 2.72. The Bertz CT molecular complexity index is 462. The number of nitrogen functional groups attached to an aromatic ring is 1. The van der Waals surface area contributed by atoms with Crippen LogP contribution < -0.4 is 5.73 Å². The van der Waals surface area contributed by atoms with Crippen molar-refractivity contribution in [2.75, 3.05) is 5.73 Å². The lowest BCUT2D eigenvalue weighted by atomic mass is 10.1. The molecule has 4 nitrogen and oxygen atoms in total. The number of nitrogens with zero attached hydrogens (tertiary/aromatic N) is 2. The standard InChI is InChI=1S/C10H13N3O/c1-3-6-5-7(11)9-8(4-2)13-14-10(9)12-6/h5H,3-4H2,1-2H3,(H2,11,12). The lowest BCUT2D eigenvalue weighted by Crippen LogP contribution is -1.94. The second-order valence-corrected chi connectivity index (χ2v) is 3.22. The first-order valence-corrected chi connectivity index (χ1v) is 4.79. The Hall–Kier alpha value is -1.58. The van der Waals surface area contributed by atoms with Crippen molar-refractivity contribution in [3.8, 4) is 0 Å². The minimum absolute atomic E-state index is 0.554. The zero-order valence-corrected chi connectivity index (χ0v) is 8.37. The number of aryl methyl sites for hydroxylation is 2. The SMILES string of the molecule is CCc1cc(N)c2c(CC)noc2n1.